The standard InChI is InChI=1S/C23H24N2O8/c1-27-16-8-6-15(11-18(16)29-3)23-24-21(33-25-23)13-32-22(26)9-7-14-10-19(30-4)20(31-5)12-17(14)28-2/h6-12H,13H2,1-5H3/b9-7+. The Labute approximate surface area is 190 Å². The Kier molecular flexibility index (Phi) is 7.74. The minimum absolute atomic E-state index is 0.144. The van der Waals surface area contributed by atoms with Crippen molar-refractivity contribution >= 4 is 12.0 Å². The van der Waals surface area contributed by atoms with Crippen LogP contribution in [0.15, 0.2) is 40.9 Å². The highest BCUT2D eigenvalue weighted by Gasteiger charge is 2.14. The lowest BCUT2D eigenvalue weighted by Crippen LogP contribution is -2.01. The van der Waals surface area contributed by atoms with Gasteiger partial charge in [-0.3, -0.25) is 0 Å². The molecule has 0 bridgehead atoms. The summed E-state index contributed by atoms with van der Waals surface area (Å²) in [4.78, 5) is 16.4. The van der Waals surface area contributed by atoms with Gasteiger partial charge < -0.3 is 32.9 Å². The van der Waals surface area contributed by atoms with E-state index in [1.54, 1.807) is 43.5 Å². The molecule has 0 spiro atoms. The summed E-state index contributed by atoms with van der Waals surface area (Å²) >= 11 is 0. The summed E-state index contributed by atoms with van der Waals surface area (Å²) in [5.41, 5.74) is 1.27. The number of carbonyl (C=O) groups is 1. The van der Waals surface area contributed by atoms with Gasteiger partial charge in [0.05, 0.1) is 35.5 Å². The molecule has 10 nitrogen and oxygen atoms in total. The Bertz CT molecular complexity index is 1140. The first-order valence-corrected chi connectivity index (χ1v) is 9.72. The van der Waals surface area contributed by atoms with Gasteiger partial charge >= 0.3 is 5.97 Å². The molecule has 1 aromatic heterocycles. The Hall–Kier alpha value is -4.21. The zero-order chi connectivity index (χ0) is 23.8. The number of hydrogen-bond acceptors (Lipinski definition) is 10. The number of hydrogen-bond donors (Lipinski definition) is 0. The van der Waals surface area contributed by atoms with Gasteiger partial charge in [0.25, 0.3) is 5.89 Å². The van der Waals surface area contributed by atoms with Crippen LogP contribution in [0.4, 0.5) is 0 Å². The molecule has 0 N–H and O–H groups in total. The number of ether oxygens (including phenoxy) is 6. The van der Waals surface area contributed by atoms with E-state index in [0.29, 0.717) is 45.7 Å². The summed E-state index contributed by atoms with van der Waals surface area (Å²) < 4.78 is 36.7. The number of methoxy groups -OCH3 is 5. The minimum Gasteiger partial charge on any atom is -0.496 e. The van der Waals surface area contributed by atoms with Crippen LogP contribution < -0.4 is 23.7 Å². The van der Waals surface area contributed by atoms with Crippen molar-refractivity contribution < 1.29 is 37.7 Å². The van der Waals surface area contributed by atoms with Crippen molar-refractivity contribution in [3.63, 3.8) is 0 Å². The SMILES string of the molecule is COc1cc(OC)c(OC)cc1/C=C/C(=O)OCc1nc(-c2ccc(OC)c(OC)c2)no1. The van der Waals surface area contributed by atoms with Crippen LogP contribution in [0.25, 0.3) is 17.5 Å². The van der Waals surface area contributed by atoms with Gasteiger partial charge in [-0.05, 0) is 30.3 Å². The molecule has 1 heterocycles. The smallest absolute Gasteiger partial charge is 0.331 e. The Morgan fingerprint density at radius 2 is 1.48 bits per heavy atom. The maximum Gasteiger partial charge on any atom is 0.331 e. The van der Waals surface area contributed by atoms with Gasteiger partial charge in [-0.1, -0.05) is 5.16 Å². The van der Waals surface area contributed by atoms with E-state index in [0.717, 1.165) is 0 Å². The van der Waals surface area contributed by atoms with E-state index in [1.807, 2.05) is 0 Å². The second-order valence-electron chi connectivity index (χ2n) is 6.47. The third-order valence-electron chi connectivity index (χ3n) is 4.58. The van der Waals surface area contributed by atoms with E-state index in [9.17, 15) is 4.79 Å². The summed E-state index contributed by atoms with van der Waals surface area (Å²) in [5, 5.41) is 3.91. The lowest BCUT2D eigenvalue weighted by Gasteiger charge is -2.12. The van der Waals surface area contributed by atoms with Crippen LogP contribution in [0, 0.1) is 0 Å². The molecule has 0 fully saturated rings. The summed E-state index contributed by atoms with van der Waals surface area (Å²) in [6.07, 6.45) is 2.81. The lowest BCUT2D eigenvalue weighted by atomic mass is 10.1. The topological polar surface area (TPSA) is 111 Å². The molecule has 0 radical (unpaired) electrons. The normalized spacial score (nSPS) is 10.7. The van der Waals surface area contributed by atoms with Crippen LogP contribution in [-0.4, -0.2) is 51.7 Å². The fourth-order valence-corrected chi connectivity index (χ4v) is 2.93. The number of esters is 1. The average Bonchev–Trinajstić information content (AvgIpc) is 3.34. The van der Waals surface area contributed by atoms with E-state index >= 15 is 0 Å². The quantitative estimate of drug-likeness (QED) is 0.332. The van der Waals surface area contributed by atoms with Crippen LogP contribution >= 0.6 is 0 Å². The maximum atomic E-state index is 12.2. The molecule has 0 unspecified atom stereocenters. The maximum absolute atomic E-state index is 12.2. The molecule has 3 rings (SSSR count). The molecule has 0 aliphatic heterocycles. The van der Waals surface area contributed by atoms with E-state index in [-0.39, 0.29) is 12.5 Å². The zero-order valence-electron chi connectivity index (χ0n) is 18.9. The summed E-state index contributed by atoms with van der Waals surface area (Å²) in [5.74, 6) is 2.50. The molecule has 3 aromatic rings. The van der Waals surface area contributed by atoms with Crippen molar-refractivity contribution in [1.82, 2.24) is 10.1 Å². The van der Waals surface area contributed by atoms with Crippen molar-refractivity contribution in [3.8, 4) is 40.1 Å². The number of rotatable bonds is 10. The van der Waals surface area contributed by atoms with E-state index in [2.05, 4.69) is 10.1 Å². The van der Waals surface area contributed by atoms with Crippen molar-refractivity contribution in [3.05, 3.63) is 47.9 Å². The predicted molar refractivity (Wildman–Crippen MR) is 118 cm³/mol. The Morgan fingerprint density at radius 1 is 0.848 bits per heavy atom. The second-order valence-corrected chi connectivity index (χ2v) is 6.47. The Balaban J connectivity index is 1.65. The van der Waals surface area contributed by atoms with Crippen LogP contribution in [0.1, 0.15) is 11.5 Å². The molecule has 0 saturated heterocycles. The zero-order valence-corrected chi connectivity index (χ0v) is 18.9. The number of carbonyl (C=O) groups excluding carboxylic acids is 1. The number of aromatic nitrogens is 2. The highest BCUT2D eigenvalue weighted by Crippen LogP contribution is 2.35. The molecular formula is C23H24N2O8. The van der Waals surface area contributed by atoms with Gasteiger partial charge in [-0.2, -0.15) is 4.98 Å². The monoisotopic (exact) mass is 456 g/mol. The third-order valence-corrected chi connectivity index (χ3v) is 4.58. The Morgan fingerprint density at radius 3 is 2.15 bits per heavy atom. The van der Waals surface area contributed by atoms with Crippen molar-refractivity contribution in [1.29, 1.82) is 0 Å². The molecule has 33 heavy (non-hydrogen) atoms. The van der Waals surface area contributed by atoms with Gasteiger partial charge in [0.15, 0.2) is 29.6 Å². The van der Waals surface area contributed by atoms with Crippen LogP contribution in [0.2, 0.25) is 0 Å². The number of benzene rings is 2. The van der Waals surface area contributed by atoms with E-state index < -0.39 is 5.97 Å². The molecular weight excluding hydrogens is 432 g/mol. The van der Waals surface area contributed by atoms with Crippen molar-refractivity contribution in [2.75, 3.05) is 35.5 Å². The van der Waals surface area contributed by atoms with E-state index in [1.165, 1.54) is 34.5 Å². The van der Waals surface area contributed by atoms with Gasteiger partial charge in [0, 0.05) is 23.3 Å². The lowest BCUT2D eigenvalue weighted by molar-refractivity contribution is -0.139. The predicted octanol–water partition coefficient (Wildman–Crippen LogP) is 3.54. The molecule has 174 valence electrons. The minimum atomic E-state index is -0.599. The molecule has 0 saturated carbocycles. The first-order valence-electron chi connectivity index (χ1n) is 9.72. The van der Waals surface area contributed by atoms with Gasteiger partial charge in [-0.25, -0.2) is 4.79 Å². The van der Waals surface area contributed by atoms with E-state index in [4.69, 9.17) is 32.9 Å². The molecule has 10 heteroatoms. The summed E-state index contributed by atoms with van der Waals surface area (Å²) in [6.45, 7) is -0.188. The van der Waals surface area contributed by atoms with Crippen LogP contribution in [-0.2, 0) is 16.1 Å². The molecule has 0 aliphatic carbocycles. The molecule has 0 atom stereocenters. The largest absolute Gasteiger partial charge is 0.496 e. The van der Waals surface area contributed by atoms with Gasteiger partial charge in [-0.15, -0.1) is 0 Å². The first-order chi connectivity index (χ1) is 16.0. The summed E-state index contributed by atoms with van der Waals surface area (Å²) in [7, 11) is 7.65. The van der Waals surface area contributed by atoms with Crippen LogP contribution in [0.5, 0.6) is 28.7 Å². The molecule has 2 aromatic carbocycles. The summed E-state index contributed by atoms with van der Waals surface area (Å²) in [6, 6.07) is 8.57. The highest BCUT2D eigenvalue weighted by molar-refractivity contribution is 5.87. The van der Waals surface area contributed by atoms with Gasteiger partial charge in [0.1, 0.15) is 5.75 Å². The fraction of sp³-hybridized carbons (Fsp3) is 0.261. The highest BCUT2D eigenvalue weighted by atomic mass is 16.6. The first kappa shape index (κ1) is 23.5. The van der Waals surface area contributed by atoms with Crippen molar-refractivity contribution in [2.24, 2.45) is 0 Å². The van der Waals surface area contributed by atoms with Crippen molar-refractivity contribution in [2.45, 2.75) is 6.61 Å². The third kappa shape index (κ3) is 5.53. The van der Waals surface area contributed by atoms with Gasteiger partial charge in [0.2, 0.25) is 5.82 Å². The average molecular weight is 456 g/mol. The molecule has 0 aliphatic rings. The number of nitrogens with zero attached hydrogens (tertiary/aromatic N) is 2. The fourth-order valence-electron chi connectivity index (χ4n) is 2.93. The van der Waals surface area contributed by atoms with Crippen LogP contribution in [0.3, 0.4) is 0 Å². The molecule has 0 amide bonds. The second kappa shape index (κ2) is 10.9.